The summed E-state index contributed by atoms with van der Waals surface area (Å²) in [5.41, 5.74) is 0. The standard InChI is InChI=1S/3C14H28O2/c1-4-6-8-10-11-13(3)16-14(15)12-9-7-5-2;1-4-7-9-11-13(6-3)16-14(15)12-10-8-5-2;1-4-7-9-12-14(15)16-13(10-6-3)11-8-5-2/h3*13H,4-12H2,1-3H3. The van der Waals surface area contributed by atoms with Crippen LogP contribution in [0.25, 0.3) is 0 Å². The van der Waals surface area contributed by atoms with E-state index in [4.69, 9.17) is 14.2 Å². The van der Waals surface area contributed by atoms with Gasteiger partial charge in [-0.15, -0.1) is 0 Å². The van der Waals surface area contributed by atoms with E-state index in [1.54, 1.807) is 0 Å². The maximum absolute atomic E-state index is 11.5. The topological polar surface area (TPSA) is 78.9 Å². The van der Waals surface area contributed by atoms with Gasteiger partial charge in [0.2, 0.25) is 0 Å². The van der Waals surface area contributed by atoms with Crippen molar-refractivity contribution in [2.75, 3.05) is 0 Å². The summed E-state index contributed by atoms with van der Waals surface area (Å²) in [6, 6.07) is 0. The Bertz CT molecular complexity index is 679. The van der Waals surface area contributed by atoms with Gasteiger partial charge in [0, 0.05) is 19.3 Å². The number of rotatable bonds is 30. The zero-order valence-corrected chi connectivity index (χ0v) is 33.8. The third-order valence-corrected chi connectivity index (χ3v) is 8.42. The van der Waals surface area contributed by atoms with Crippen molar-refractivity contribution in [2.45, 2.75) is 254 Å². The molecule has 0 aliphatic carbocycles. The summed E-state index contributed by atoms with van der Waals surface area (Å²) >= 11 is 0. The van der Waals surface area contributed by atoms with Crippen molar-refractivity contribution in [1.29, 1.82) is 0 Å². The highest BCUT2D eigenvalue weighted by Crippen LogP contribution is 2.14. The van der Waals surface area contributed by atoms with Crippen molar-refractivity contribution in [2.24, 2.45) is 0 Å². The molecule has 0 saturated carbocycles. The van der Waals surface area contributed by atoms with Gasteiger partial charge in [-0.25, -0.2) is 0 Å². The van der Waals surface area contributed by atoms with Crippen molar-refractivity contribution in [3.05, 3.63) is 0 Å². The van der Waals surface area contributed by atoms with Crippen molar-refractivity contribution >= 4 is 17.9 Å². The summed E-state index contributed by atoms with van der Waals surface area (Å²) in [7, 11) is 0. The van der Waals surface area contributed by atoms with E-state index in [1.165, 1.54) is 51.4 Å². The predicted molar refractivity (Wildman–Crippen MR) is 205 cm³/mol. The van der Waals surface area contributed by atoms with Crippen LogP contribution in [-0.4, -0.2) is 36.2 Å². The lowest BCUT2D eigenvalue weighted by molar-refractivity contribution is -0.150. The molecular weight excluding hydrogens is 600 g/mol. The van der Waals surface area contributed by atoms with Crippen LogP contribution in [0.15, 0.2) is 0 Å². The summed E-state index contributed by atoms with van der Waals surface area (Å²) in [5, 5.41) is 0. The Morgan fingerprint density at radius 1 is 0.375 bits per heavy atom. The fraction of sp³-hybridized carbons (Fsp3) is 0.929. The van der Waals surface area contributed by atoms with Crippen molar-refractivity contribution < 1.29 is 28.6 Å². The van der Waals surface area contributed by atoms with Gasteiger partial charge in [0.25, 0.3) is 0 Å². The number of hydrogen-bond acceptors (Lipinski definition) is 6. The normalized spacial score (nSPS) is 12.4. The van der Waals surface area contributed by atoms with Crippen molar-refractivity contribution in [3.63, 3.8) is 0 Å². The molecular formula is C42H84O6. The minimum Gasteiger partial charge on any atom is -0.463 e. The third-order valence-electron chi connectivity index (χ3n) is 8.42. The number of esters is 3. The molecule has 0 aliphatic heterocycles. The lowest BCUT2D eigenvalue weighted by atomic mass is 10.1. The van der Waals surface area contributed by atoms with Gasteiger partial charge >= 0.3 is 17.9 Å². The molecule has 0 fully saturated rings. The second-order valence-corrected chi connectivity index (χ2v) is 13.6. The molecule has 0 radical (unpaired) electrons. The highest BCUT2D eigenvalue weighted by Gasteiger charge is 2.13. The van der Waals surface area contributed by atoms with E-state index in [0.717, 1.165) is 103 Å². The molecule has 0 heterocycles. The highest BCUT2D eigenvalue weighted by molar-refractivity contribution is 5.70. The molecule has 0 aromatic heterocycles. The number of ether oxygens (including phenoxy) is 3. The fourth-order valence-electron chi connectivity index (χ4n) is 5.23. The van der Waals surface area contributed by atoms with Gasteiger partial charge in [-0.1, -0.05) is 145 Å². The quantitative estimate of drug-likeness (QED) is 0.0425. The van der Waals surface area contributed by atoms with Gasteiger partial charge in [-0.3, -0.25) is 14.4 Å². The molecule has 6 nitrogen and oxygen atoms in total. The smallest absolute Gasteiger partial charge is 0.306 e. The van der Waals surface area contributed by atoms with Crippen LogP contribution in [0, 0.1) is 0 Å². The first-order valence-electron chi connectivity index (χ1n) is 20.8. The first-order valence-corrected chi connectivity index (χ1v) is 20.8. The molecule has 0 amide bonds. The van der Waals surface area contributed by atoms with E-state index in [9.17, 15) is 14.4 Å². The Balaban J connectivity index is -0.000000633. The van der Waals surface area contributed by atoms with Crippen LogP contribution in [0.4, 0.5) is 0 Å². The molecule has 0 N–H and O–H groups in total. The maximum atomic E-state index is 11.5. The lowest BCUT2D eigenvalue weighted by Gasteiger charge is -2.16. The van der Waals surface area contributed by atoms with Crippen LogP contribution in [0.3, 0.4) is 0 Å². The predicted octanol–water partition coefficient (Wildman–Crippen LogP) is 13.4. The molecule has 0 saturated heterocycles. The first kappa shape index (κ1) is 50.8. The van der Waals surface area contributed by atoms with Crippen LogP contribution in [0.1, 0.15) is 236 Å². The fourth-order valence-corrected chi connectivity index (χ4v) is 5.23. The summed E-state index contributed by atoms with van der Waals surface area (Å²) in [6.07, 6.45) is 29.0. The summed E-state index contributed by atoms with van der Waals surface area (Å²) < 4.78 is 16.3. The molecule has 6 heteroatoms. The van der Waals surface area contributed by atoms with Gasteiger partial charge in [0.1, 0.15) is 12.2 Å². The number of carbonyl (C=O) groups is 3. The molecule has 0 aromatic carbocycles. The molecule has 0 spiro atoms. The monoisotopic (exact) mass is 685 g/mol. The molecule has 3 unspecified atom stereocenters. The van der Waals surface area contributed by atoms with Crippen molar-refractivity contribution in [3.8, 4) is 0 Å². The van der Waals surface area contributed by atoms with Gasteiger partial charge < -0.3 is 14.2 Å². The summed E-state index contributed by atoms with van der Waals surface area (Å²) in [4.78, 5) is 34.4. The zero-order valence-electron chi connectivity index (χ0n) is 33.8. The van der Waals surface area contributed by atoms with E-state index in [-0.39, 0.29) is 36.2 Å². The van der Waals surface area contributed by atoms with Crippen LogP contribution >= 0.6 is 0 Å². The molecule has 3 atom stereocenters. The number of hydrogen-bond donors (Lipinski definition) is 0. The van der Waals surface area contributed by atoms with Crippen LogP contribution < -0.4 is 0 Å². The molecule has 288 valence electrons. The van der Waals surface area contributed by atoms with Crippen LogP contribution in [0.2, 0.25) is 0 Å². The Morgan fingerprint density at radius 2 is 0.750 bits per heavy atom. The van der Waals surface area contributed by atoms with Gasteiger partial charge in [-0.2, -0.15) is 0 Å². The second kappa shape index (κ2) is 41.6. The van der Waals surface area contributed by atoms with Gasteiger partial charge in [0.05, 0.1) is 6.10 Å². The average Bonchev–Trinajstić information content (AvgIpc) is 3.06. The minimum absolute atomic E-state index is 0.00278. The van der Waals surface area contributed by atoms with Crippen LogP contribution in [0.5, 0.6) is 0 Å². The van der Waals surface area contributed by atoms with Gasteiger partial charge in [-0.05, 0) is 71.1 Å². The minimum atomic E-state index is -0.0172. The van der Waals surface area contributed by atoms with Crippen LogP contribution in [-0.2, 0) is 28.6 Å². The Kier molecular flexibility index (Phi) is 44.0. The zero-order chi connectivity index (χ0) is 36.7. The lowest BCUT2D eigenvalue weighted by Crippen LogP contribution is -2.18. The SMILES string of the molecule is CCCCCC(=O)OC(CC)CCCCC.CCCCCC(=O)OC(CCC)CCCC.CCCCCCC(C)OC(=O)CCCCC. The molecule has 0 rings (SSSR count). The molecule has 0 bridgehead atoms. The van der Waals surface area contributed by atoms with E-state index in [1.807, 2.05) is 6.92 Å². The average molecular weight is 685 g/mol. The molecule has 0 aromatic rings. The maximum Gasteiger partial charge on any atom is 0.306 e. The van der Waals surface area contributed by atoms with Crippen molar-refractivity contribution in [1.82, 2.24) is 0 Å². The molecule has 0 aliphatic rings. The Labute approximate surface area is 300 Å². The highest BCUT2D eigenvalue weighted by atomic mass is 16.5. The van der Waals surface area contributed by atoms with E-state index in [2.05, 4.69) is 55.4 Å². The Hall–Kier alpha value is -1.59. The summed E-state index contributed by atoms with van der Waals surface area (Å²) in [6.45, 7) is 19.2. The third kappa shape index (κ3) is 40.6. The first-order chi connectivity index (χ1) is 23.2. The van der Waals surface area contributed by atoms with E-state index >= 15 is 0 Å². The van der Waals surface area contributed by atoms with E-state index < -0.39 is 0 Å². The Morgan fingerprint density at radius 3 is 1.19 bits per heavy atom. The van der Waals surface area contributed by atoms with Gasteiger partial charge in [0.15, 0.2) is 0 Å². The second-order valence-electron chi connectivity index (χ2n) is 13.6. The number of unbranched alkanes of at least 4 members (excludes halogenated alkanes) is 12. The number of carbonyl (C=O) groups excluding carboxylic acids is 3. The summed E-state index contributed by atoms with van der Waals surface area (Å²) in [5.74, 6) is -0.0174. The largest absolute Gasteiger partial charge is 0.463 e. The molecule has 48 heavy (non-hydrogen) atoms. The van der Waals surface area contributed by atoms with E-state index in [0.29, 0.717) is 19.3 Å².